The number of fused-ring (bicyclic) bond motifs is 1. The van der Waals surface area contributed by atoms with Crippen molar-refractivity contribution >= 4 is 32.6 Å². The fraction of sp³-hybridized carbons (Fsp3) is 0.250. The zero-order chi connectivity index (χ0) is 17.2. The smallest absolute Gasteiger partial charge is 0.289 e. The second kappa shape index (κ2) is 7.02. The molecule has 1 fully saturated rings. The number of rotatable bonds is 3. The molecule has 1 aliphatic heterocycles. The van der Waals surface area contributed by atoms with Crippen LogP contribution in [0.2, 0.25) is 0 Å². The Morgan fingerprint density at radius 3 is 2.48 bits per heavy atom. The summed E-state index contributed by atoms with van der Waals surface area (Å²) in [5.74, 6) is 0.366. The van der Waals surface area contributed by atoms with Gasteiger partial charge in [0.05, 0.1) is 0 Å². The molecular formula is C20H19BrN2O2. The van der Waals surface area contributed by atoms with Crippen molar-refractivity contribution in [1.82, 2.24) is 9.80 Å². The number of nitrogens with zero attached hydrogens (tertiary/aromatic N) is 2. The van der Waals surface area contributed by atoms with Crippen LogP contribution in [0.5, 0.6) is 0 Å². The third-order valence-electron chi connectivity index (χ3n) is 4.72. The number of amides is 1. The average Bonchev–Trinajstić information content (AvgIpc) is 3.08. The molecule has 1 saturated heterocycles. The first-order chi connectivity index (χ1) is 12.2. The molecule has 0 unspecified atom stereocenters. The lowest BCUT2D eigenvalue weighted by Gasteiger charge is -2.34. The second-order valence-corrected chi connectivity index (χ2v) is 7.09. The van der Waals surface area contributed by atoms with E-state index in [4.69, 9.17) is 4.42 Å². The van der Waals surface area contributed by atoms with E-state index in [1.165, 1.54) is 16.3 Å². The van der Waals surface area contributed by atoms with Crippen LogP contribution in [-0.4, -0.2) is 41.9 Å². The highest BCUT2D eigenvalue weighted by atomic mass is 79.9. The third-order valence-corrected chi connectivity index (χ3v) is 5.14. The van der Waals surface area contributed by atoms with E-state index in [1.807, 2.05) is 4.90 Å². The van der Waals surface area contributed by atoms with Gasteiger partial charge in [-0.1, -0.05) is 42.5 Å². The van der Waals surface area contributed by atoms with E-state index in [-0.39, 0.29) is 5.91 Å². The number of hydrogen-bond donors (Lipinski definition) is 0. The van der Waals surface area contributed by atoms with Crippen molar-refractivity contribution in [2.24, 2.45) is 0 Å². The Morgan fingerprint density at radius 1 is 0.960 bits per heavy atom. The van der Waals surface area contributed by atoms with Gasteiger partial charge >= 0.3 is 0 Å². The quantitative estimate of drug-likeness (QED) is 0.664. The molecule has 0 radical (unpaired) electrons. The predicted octanol–water partition coefficient (Wildman–Crippen LogP) is 4.15. The summed E-state index contributed by atoms with van der Waals surface area (Å²) in [5, 5.41) is 2.58. The molecule has 4 nitrogen and oxygen atoms in total. The third kappa shape index (κ3) is 3.48. The van der Waals surface area contributed by atoms with Crippen LogP contribution >= 0.6 is 15.9 Å². The summed E-state index contributed by atoms with van der Waals surface area (Å²) in [4.78, 5) is 16.7. The average molecular weight is 399 g/mol. The Balaban J connectivity index is 1.41. The molecule has 5 heteroatoms. The van der Waals surface area contributed by atoms with Gasteiger partial charge in [-0.15, -0.1) is 0 Å². The zero-order valence-corrected chi connectivity index (χ0v) is 15.4. The maximum absolute atomic E-state index is 12.4. The fourth-order valence-electron chi connectivity index (χ4n) is 3.37. The minimum Gasteiger partial charge on any atom is -0.444 e. The lowest BCUT2D eigenvalue weighted by molar-refractivity contribution is 0.0597. The first-order valence-electron chi connectivity index (χ1n) is 8.44. The summed E-state index contributed by atoms with van der Waals surface area (Å²) in [7, 11) is 0. The molecule has 25 heavy (non-hydrogen) atoms. The fourth-order valence-corrected chi connectivity index (χ4v) is 3.67. The number of piperazine rings is 1. The number of hydrogen-bond acceptors (Lipinski definition) is 3. The monoisotopic (exact) mass is 398 g/mol. The number of halogens is 1. The van der Waals surface area contributed by atoms with Gasteiger partial charge in [0.1, 0.15) is 0 Å². The predicted molar refractivity (Wildman–Crippen MR) is 102 cm³/mol. The SMILES string of the molecule is O=C(c1ccc(Br)o1)N1CCN(Cc2cccc3ccccc23)CC1. The highest BCUT2D eigenvalue weighted by molar-refractivity contribution is 9.10. The minimum absolute atomic E-state index is 0.0319. The van der Waals surface area contributed by atoms with Crippen molar-refractivity contribution in [3.05, 3.63) is 70.6 Å². The first kappa shape index (κ1) is 16.4. The van der Waals surface area contributed by atoms with Gasteiger partial charge < -0.3 is 9.32 Å². The van der Waals surface area contributed by atoms with Gasteiger partial charge in [-0.05, 0) is 44.4 Å². The highest BCUT2D eigenvalue weighted by Gasteiger charge is 2.24. The standard InChI is InChI=1S/C20H19BrN2O2/c21-19-9-8-18(25-19)20(24)23-12-10-22(11-13-23)14-16-6-3-5-15-4-1-2-7-17(15)16/h1-9H,10-14H2. The first-order valence-corrected chi connectivity index (χ1v) is 9.23. The molecule has 0 aliphatic carbocycles. The van der Waals surface area contributed by atoms with Crippen LogP contribution in [0.25, 0.3) is 10.8 Å². The molecule has 2 aromatic carbocycles. The van der Waals surface area contributed by atoms with Crippen LogP contribution in [0.3, 0.4) is 0 Å². The van der Waals surface area contributed by atoms with Crippen molar-refractivity contribution in [1.29, 1.82) is 0 Å². The second-order valence-electron chi connectivity index (χ2n) is 6.31. The molecule has 0 spiro atoms. The lowest BCUT2D eigenvalue weighted by Crippen LogP contribution is -2.48. The van der Waals surface area contributed by atoms with Crippen LogP contribution in [0.4, 0.5) is 0 Å². The largest absolute Gasteiger partial charge is 0.444 e. The van der Waals surface area contributed by atoms with Crippen molar-refractivity contribution in [3.8, 4) is 0 Å². The van der Waals surface area contributed by atoms with Crippen molar-refractivity contribution in [2.75, 3.05) is 26.2 Å². The minimum atomic E-state index is -0.0319. The van der Waals surface area contributed by atoms with Gasteiger partial charge in [0, 0.05) is 32.7 Å². The molecule has 3 aromatic rings. The molecule has 1 aromatic heterocycles. The molecule has 0 saturated carbocycles. The van der Waals surface area contributed by atoms with Gasteiger partial charge in [0.2, 0.25) is 0 Å². The van der Waals surface area contributed by atoms with E-state index in [1.54, 1.807) is 12.1 Å². The summed E-state index contributed by atoms with van der Waals surface area (Å²) >= 11 is 3.25. The van der Waals surface area contributed by atoms with E-state index in [2.05, 4.69) is 63.3 Å². The van der Waals surface area contributed by atoms with Gasteiger partial charge in [-0.25, -0.2) is 0 Å². The van der Waals surface area contributed by atoms with Crippen LogP contribution < -0.4 is 0 Å². The van der Waals surface area contributed by atoms with Crippen LogP contribution in [0.1, 0.15) is 16.1 Å². The van der Waals surface area contributed by atoms with Crippen molar-refractivity contribution < 1.29 is 9.21 Å². The van der Waals surface area contributed by atoms with Crippen LogP contribution in [0.15, 0.2) is 63.7 Å². The number of carbonyl (C=O) groups is 1. The number of carbonyl (C=O) groups excluding carboxylic acids is 1. The molecule has 1 amide bonds. The zero-order valence-electron chi connectivity index (χ0n) is 13.8. The molecular weight excluding hydrogens is 380 g/mol. The summed E-state index contributed by atoms with van der Waals surface area (Å²) in [6, 6.07) is 18.4. The van der Waals surface area contributed by atoms with Crippen LogP contribution in [-0.2, 0) is 6.54 Å². The maximum Gasteiger partial charge on any atom is 0.289 e. The summed E-state index contributed by atoms with van der Waals surface area (Å²) in [6.45, 7) is 4.10. The Hall–Kier alpha value is -2.11. The molecule has 0 atom stereocenters. The summed E-state index contributed by atoms with van der Waals surface area (Å²) in [6.07, 6.45) is 0. The Labute approximate surface area is 155 Å². The molecule has 0 bridgehead atoms. The van der Waals surface area contributed by atoms with E-state index in [0.717, 1.165) is 32.7 Å². The van der Waals surface area contributed by atoms with E-state index >= 15 is 0 Å². The topological polar surface area (TPSA) is 36.7 Å². The lowest BCUT2D eigenvalue weighted by atomic mass is 10.0. The van der Waals surface area contributed by atoms with E-state index in [0.29, 0.717) is 10.4 Å². The Kier molecular flexibility index (Phi) is 4.59. The van der Waals surface area contributed by atoms with Gasteiger partial charge in [0.25, 0.3) is 5.91 Å². The van der Waals surface area contributed by atoms with E-state index < -0.39 is 0 Å². The summed E-state index contributed by atoms with van der Waals surface area (Å²) in [5.41, 5.74) is 1.34. The molecule has 128 valence electrons. The molecule has 2 heterocycles. The van der Waals surface area contributed by atoms with Gasteiger partial charge in [0.15, 0.2) is 10.4 Å². The molecule has 4 rings (SSSR count). The Bertz CT molecular complexity index is 892. The van der Waals surface area contributed by atoms with Crippen LogP contribution in [0, 0.1) is 0 Å². The maximum atomic E-state index is 12.4. The number of benzene rings is 2. The normalized spacial score (nSPS) is 15.6. The molecule has 0 N–H and O–H groups in total. The number of furan rings is 1. The van der Waals surface area contributed by atoms with E-state index in [9.17, 15) is 4.79 Å². The van der Waals surface area contributed by atoms with Crippen molar-refractivity contribution in [2.45, 2.75) is 6.54 Å². The highest BCUT2D eigenvalue weighted by Crippen LogP contribution is 2.21. The summed E-state index contributed by atoms with van der Waals surface area (Å²) < 4.78 is 5.97. The van der Waals surface area contributed by atoms with Crippen molar-refractivity contribution in [3.63, 3.8) is 0 Å². The van der Waals surface area contributed by atoms with Gasteiger partial charge in [-0.2, -0.15) is 0 Å². The van der Waals surface area contributed by atoms with Gasteiger partial charge in [-0.3, -0.25) is 9.69 Å². The molecule has 1 aliphatic rings. The Morgan fingerprint density at radius 2 is 1.72 bits per heavy atom.